The molecule has 0 saturated heterocycles. The van der Waals surface area contributed by atoms with Gasteiger partial charge >= 0.3 is 0 Å². The summed E-state index contributed by atoms with van der Waals surface area (Å²) in [6.45, 7) is 2.14. The number of hydrogen-bond donors (Lipinski definition) is 1. The summed E-state index contributed by atoms with van der Waals surface area (Å²) in [5.74, 6) is -0.345. The summed E-state index contributed by atoms with van der Waals surface area (Å²) >= 11 is 5.87. The summed E-state index contributed by atoms with van der Waals surface area (Å²) < 4.78 is 13.0. The predicted octanol–water partition coefficient (Wildman–Crippen LogP) is 3.68. The SMILES string of the molecule is CC1CCC(C#N)(NC(=O)c2ccc(F)cc2Cl)CC1. The first-order valence-corrected chi connectivity index (χ1v) is 7.02. The van der Waals surface area contributed by atoms with Crippen LogP contribution in [0.4, 0.5) is 4.39 Å². The fraction of sp³-hybridized carbons (Fsp3) is 0.467. The third kappa shape index (κ3) is 3.10. The van der Waals surface area contributed by atoms with Crippen LogP contribution in [0.15, 0.2) is 18.2 Å². The van der Waals surface area contributed by atoms with Crippen molar-refractivity contribution in [3.63, 3.8) is 0 Å². The number of nitrogens with one attached hydrogen (secondary N) is 1. The van der Waals surface area contributed by atoms with Gasteiger partial charge in [0.2, 0.25) is 0 Å². The minimum Gasteiger partial charge on any atom is -0.334 e. The first-order chi connectivity index (χ1) is 9.46. The van der Waals surface area contributed by atoms with Crippen molar-refractivity contribution in [2.75, 3.05) is 0 Å². The fourth-order valence-corrected chi connectivity index (χ4v) is 2.73. The number of carbonyl (C=O) groups excluding carboxylic acids is 1. The van der Waals surface area contributed by atoms with Crippen LogP contribution >= 0.6 is 11.6 Å². The second-order valence-corrected chi connectivity index (χ2v) is 5.86. The van der Waals surface area contributed by atoms with E-state index in [0.717, 1.165) is 18.9 Å². The molecule has 0 radical (unpaired) electrons. The number of nitriles is 1. The maximum Gasteiger partial charge on any atom is 0.254 e. The number of benzene rings is 1. The largest absolute Gasteiger partial charge is 0.334 e. The Balaban J connectivity index is 2.16. The van der Waals surface area contributed by atoms with Crippen LogP contribution in [0.5, 0.6) is 0 Å². The number of amides is 1. The second kappa shape index (κ2) is 5.80. The van der Waals surface area contributed by atoms with Crippen molar-refractivity contribution < 1.29 is 9.18 Å². The van der Waals surface area contributed by atoms with Crippen LogP contribution in [-0.4, -0.2) is 11.4 Å². The van der Waals surface area contributed by atoms with Gasteiger partial charge in [-0.05, 0) is 49.8 Å². The molecule has 1 amide bonds. The Bertz CT molecular complexity index is 559. The molecule has 1 saturated carbocycles. The zero-order valence-electron chi connectivity index (χ0n) is 11.2. The summed E-state index contributed by atoms with van der Waals surface area (Å²) in [5.41, 5.74) is -0.636. The molecule has 2 rings (SSSR count). The van der Waals surface area contributed by atoms with E-state index in [1.807, 2.05) is 0 Å². The zero-order valence-corrected chi connectivity index (χ0v) is 12.0. The minimum absolute atomic E-state index is 0.0553. The van der Waals surface area contributed by atoms with Gasteiger partial charge in [-0.2, -0.15) is 5.26 Å². The van der Waals surface area contributed by atoms with E-state index in [4.69, 9.17) is 11.6 Å². The van der Waals surface area contributed by atoms with Gasteiger partial charge < -0.3 is 5.32 Å². The molecule has 0 aliphatic heterocycles. The molecular formula is C15H16ClFN2O. The highest BCUT2D eigenvalue weighted by Crippen LogP contribution is 2.32. The highest BCUT2D eigenvalue weighted by Gasteiger charge is 2.36. The van der Waals surface area contributed by atoms with Gasteiger partial charge in [0, 0.05) is 0 Å². The van der Waals surface area contributed by atoms with Crippen LogP contribution in [0.2, 0.25) is 5.02 Å². The van der Waals surface area contributed by atoms with E-state index in [2.05, 4.69) is 18.3 Å². The van der Waals surface area contributed by atoms with Crippen LogP contribution in [0.3, 0.4) is 0 Å². The third-order valence-corrected chi connectivity index (χ3v) is 4.18. The smallest absolute Gasteiger partial charge is 0.254 e. The molecule has 1 aliphatic rings. The lowest BCUT2D eigenvalue weighted by molar-refractivity contribution is 0.0894. The summed E-state index contributed by atoms with van der Waals surface area (Å²) in [5, 5.41) is 12.2. The molecule has 1 fully saturated rings. The van der Waals surface area contributed by atoms with Crippen molar-refractivity contribution in [2.45, 2.75) is 38.1 Å². The average molecular weight is 295 g/mol. The molecule has 0 spiro atoms. The van der Waals surface area contributed by atoms with E-state index in [9.17, 15) is 14.4 Å². The summed E-state index contributed by atoms with van der Waals surface area (Å²) in [7, 11) is 0. The highest BCUT2D eigenvalue weighted by atomic mass is 35.5. The van der Waals surface area contributed by atoms with Gasteiger partial charge in [0.25, 0.3) is 5.91 Å². The molecule has 1 aromatic rings. The van der Waals surface area contributed by atoms with Gasteiger partial charge in [-0.3, -0.25) is 4.79 Å². The molecule has 106 valence electrons. The summed E-state index contributed by atoms with van der Waals surface area (Å²) in [6.07, 6.45) is 3.08. The van der Waals surface area contributed by atoms with Gasteiger partial charge in [0.05, 0.1) is 16.7 Å². The van der Waals surface area contributed by atoms with Crippen molar-refractivity contribution in [3.8, 4) is 6.07 Å². The van der Waals surface area contributed by atoms with Gasteiger partial charge in [0.15, 0.2) is 0 Å². The Morgan fingerprint density at radius 1 is 1.50 bits per heavy atom. The summed E-state index contributed by atoms with van der Waals surface area (Å²) in [4.78, 5) is 12.2. The minimum atomic E-state index is -0.832. The molecule has 0 unspecified atom stereocenters. The van der Waals surface area contributed by atoms with Crippen LogP contribution in [0.25, 0.3) is 0 Å². The van der Waals surface area contributed by atoms with Crippen LogP contribution in [-0.2, 0) is 0 Å². The van der Waals surface area contributed by atoms with Gasteiger partial charge in [0.1, 0.15) is 11.4 Å². The maximum absolute atomic E-state index is 13.0. The first kappa shape index (κ1) is 14.8. The lowest BCUT2D eigenvalue weighted by Crippen LogP contribution is -2.49. The van der Waals surface area contributed by atoms with E-state index >= 15 is 0 Å². The molecule has 1 aliphatic carbocycles. The summed E-state index contributed by atoms with van der Waals surface area (Å²) in [6, 6.07) is 5.84. The normalized spacial score (nSPS) is 25.8. The lowest BCUT2D eigenvalue weighted by Gasteiger charge is -2.34. The average Bonchev–Trinajstić information content (AvgIpc) is 2.41. The van der Waals surface area contributed by atoms with Crippen molar-refractivity contribution in [2.24, 2.45) is 5.92 Å². The number of carbonyl (C=O) groups is 1. The highest BCUT2D eigenvalue weighted by molar-refractivity contribution is 6.33. The molecule has 0 atom stereocenters. The van der Waals surface area contributed by atoms with Crippen LogP contribution in [0.1, 0.15) is 43.0 Å². The van der Waals surface area contributed by atoms with Gasteiger partial charge in [-0.25, -0.2) is 4.39 Å². The van der Waals surface area contributed by atoms with Crippen molar-refractivity contribution in [1.82, 2.24) is 5.32 Å². The van der Waals surface area contributed by atoms with Crippen molar-refractivity contribution in [3.05, 3.63) is 34.6 Å². The molecule has 20 heavy (non-hydrogen) atoms. The molecule has 1 aromatic carbocycles. The molecule has 0 aromatic heterocycles. The number of hydrogen-bond acceptors (Lipinski definition) is 2. The molecular weight excluding hydrogens is 279 g/mol. The van der Waals surface area contributed by atoms with E-state index < -0.39 is 17.3 Å². The van der Waals surface area contributed by atoms with Crippen molar-refractivity contribution in [1.29, 1.82) is 5.26 Å². The standard InChI is InChI=1S/C15H16ClFN2O/c1-10-4-6-15(9-18,7-5-10)19-14(20)12-3-2-11(17)8-13(12)16/h2-3,8,10H,4-7H2,1H3,(H,19,20). The van der Waals surface area contributed by atoms with Gasteiger partial charge in [-0.15, -0.1) is 0 Å². The number of rotatable bonds is 2. The first-order valence-electron chi connectivity index (χ1n) is 6.64. The molecule has 0 heterocycles. The van der Waals surface area contributed by atoms with Crippen LogP contribution < -0.4 is 5.32 Å². The Hall–Kier alpha value is -1.60. The second-order valence-electron chi connectivity index (χ2n) is 5.45. The quantitative estimate of drug-likeness (QED) is 0.904. The fourth-order valence-electron chi connectivity index (χ4n) is 2.48. The Labute approximate surface area is 122 Å². The zero-order chi connectivity index (χ0) is 14.8. The monoisotopic (exact) mass is 294 g/mol. The topological polar surface area (TPSA) is 52.9 Å². The number of halogens is 2. The Morgan fingerprint density at radius 2 is 2.15 bits per heavy atom. The maximum atomic E-state index is 13.0. The molecule has 1 N–H and O–H groups in total. The van der Waals surface area contributed by atoms with Crippen molar-refractivity contribution >= 4 is 17.5 Å². The van der Waals surface area contributed by atoms with E-state index in [1.54, 1.807) is 0 Å². The van der Waals surface area contributed by atoms with Crippen LogP contribution in [0, 0.1) is 23.1 Å². The molecule has 0 bridgehead atoms. The Morgan fingerprint density at radius 3 is 2.70 bits per heavy atom. The predicted molar refractivity (Wildman–Crippen MR) is 74.9 cm³/mol. The van der Waals surface area contributed by atoms with E-state index in [1.165, 1.54) is 12.1 Å². The van der Waals surface area contributed by atoms with E-state index in [-0.39, 0.29) is 10.6 Å². The van der Waals surface area contributed by atoms with Gasteiger partial charge in [-0.1, -0.05) is 18.5 Å². The molecule has 3 nitrogen and oxygen atoms in total. The number of nitrogens with zero attached hydrogens (tertiary/aromatic N) is 1. The lowest BCUT2D eigenvalue weighted by atomic mass is 9.78. The Kier molecular flexibility index (Phi) is 4.29. The molecule has 5 heteroatoms. The third-order valence-electron chi connectivity index (χ3n) is 3.87. The van der Waals surface area contributed by atoms with E-state index in [0.29, 0.717) is 18.8 Å².